The quantitative estimate of drug-likeness (QED) is 0.550. The zero-order valence-corrected chi connectivity index (χ0v) is 7.09. The molecule has 1 aliphatic heterocycles. The first-order valence-corrected chi connectivity index (χ1v) is 3.80. The molecule has 1 heterocycles. The number of hydroxylamine groups is 2. The zero-order valence-electron chi connectivity index (χ0n) is 7.09. The Bertz CT molecular complexity index is 62.6. The minimum absolute atomic E-state index is 0.799. The summed E-state index contributed by atoms with van der Waals surface area (Å²) in [6.45, 7) is 7.40. The lowest BCUT2D eigenvalue weighted by atomic mass is 10.5. The first kappa shape index (κ1) is 9.88. The normalized spacial score (nSPS) is 19.5. The lowest BCUT2D eigenvalue weighted by molar-refractivity contribution is -0.171. The molecule has 62 valence electrons. The SMILES string of the molecule is CC.CON1CCOCC1. The van der Waals surface area contributed by atoms with E-state index in [9.17, 15) is 0 Å². The highest BCUT2D eigenvalue weighted by Crippen LogP contribution is 1.94. The van der Waals surface area contributed by atoms with Gasteiger partial charge in [0.15, 0.2) is 0 Å². The average Bonchev–Trinajstić information content (AvgIpc) is 2.10. The molecule has 1 fully saturated rings. The van der Waals surface area contributed by atoms with E-state index < -0.39 is 0 Å². The lowest BCUT2D eigenvalue weighted by Gasteiger charge is -2.23. The van der Waals surface area contributed by atoms with E-state index in [2.05, 4.69) is 0 Å². The Hall–Kier alpha value is -0.120. The zero-order chi connectivity index (χ0) is 7.82. The summed E-state index contributed by atoms with van der Waals surface area (Å²) >= 11 is 0. The van der Waals surface area contributed by atoms with Crippen LogP contribution in [0.25, 0.3) is 0 Å². The monoisotopic (exact) mass is 147 g/mol. The summed E-state index contributed by atoms with van der Waals surface area (Å²) in [5.41, 5.74) is 0. The van der Waals surface area contributed by atoms with E-state index in [1.165, 1.54) is 0 Å². The van der Waals surface area contributed by atoms with Gasteiger partial charge in [-0.15, -0.1) is 0 Å². The molecule has 3 nitrogen and oxygen atoms in total. The number of nitrogens with zero attached hydrogens (tertiary/aromatic N) is 1. The van der Waals surface area contributed by atoms with Crippen LogP contribution in [0.4, 0.5) is 0 Å². The highest BCUT2D eigenvalue weighted by Gasteiger charge is 2.07. The second-order valence-corrected chi connectivity index (χ2v) is 1.72. The Morgan fingerprint density at radius 1 is 1.20 bits per heavy atom. The van der Waals surface area contributed by atoms with Crippen molar-refractivity contribution in [2.45, 2.75) is 13.8 Å². The van der Waals surface area contributed by atoms with E-state index in [0.717, 1.165) is 26.3 Å². The maximum Gasteiger partial charge on any atom is 0.0617 e. The highest BCUT2D eigenvalue weighted by molar-refractivity contribution is 4.50. The predicted octanol–water partition coefficient (Wildman–Crippen LogP) is 0.906. The molecule has 0 aromatic rings. The fourth-order valence-corrected chi connectivity index (χ4v) is 0.729. The maximum atomic E-state index is 5.08. The van der Waals surface area contributed by atoms with E-state index in [1.807, 2.05) is 18.9 Å². The minimum atomic E-state index is 0.799. The van der Waals surface area contributed by atoms with Crippen molar-refractivity contribution in [3.8, 4) is 0 Å². The van der Waals surface area contributed by atoms with Gasteiger partial charge in [0.2, 0.25) is 0 Å². The molecule has 3 heteroatoms. The van der Waals surface area contributed by atoms with Gasteiger partial charge in [-0.2, -0.15) is 5.06 Å². The average molecular weight is 147 g/mol. The minimum Gasteiger partial charge on any atom is -0.379 e. The summed E-state index contributed by atoms with van der Waals surface area (Å²) < 4.78 is 5.08. The second-order valence-electron chi connectivity index (χ2n) is 1.72. The van der Waals surface area contributed by atoms with Crippen LogP contribution >= 0.6 is 0 Å². The van der Waals surface area contributed by atoms with Crippen LogP contribution in [0.2, 0.25) is 0 Å². The van der Waals surface area contributed by atoms with Gasteiger partial charge in [-0.25, -0.2) is 0 Å². The summed E-state index contributed by atoms with van der Waals surface area (Å²) in [7, 11) is 1.69. The first-order chi connectivity index (χ1) is 4.93. The molecular formula is C7H17NO2. The Kier molecular flexibility index (Phi) is 6.91. The summed E-state index contributed by atoms with van der Waals surface area (Å²) in [6.07, 6.45) is 0. The molecule has 0 saturated carbocycles. The van der Waals surface area contributed by atoms with Crippen molar-refractivity contribution in [3.63, 3.8) is 0 Å². The summed E-state index contributed by atoms with van der Waals surface area (Å²) in [6, 6.07) is 0. The van der Waals surface area contributed by atoms with Crippen LogP contribution in [-0.4, -0.2) is 38.5 Å². The number of ether oxygens (including phenoxy) is 1. The number of hydrogen-bond acceptors (Lipinski definition) is 3. The molecule has 10 heavy (non-hydrogen) atoms. The smallest absolute Gasteiger partial charge is 0.0617 e. The molecule has 0 amide bonds. The van der Waals surface area contributed by atoms with Crippen LogP contribution in [0, 0.1) is 0 Å². The van der Waals surface area contributed by atoms with Gasteiger partial charge < -0.3 is 9.57 Å². The van der Waals surface area contributed by atoms with Gasteiger partial charge in [0.1, 0.15) is 0 Å². The Morgan fingerprint density at radius 2 is 1.70 bits per heavy atom. The van der Waals surface area contributed by atoms with Crippen LogP contribution in [-0.2, 0) is 9.57 Å². The maximum absolute atomic E-state index is 5.08. The summed E-state index contributed by atoms with van der Waals surface area (Å²) in [4.78, 5) is 4.94. The third-order valence-corrected chi connectivity index (χ3v) is 1.23. The van der Waals surface area contributed by atoms with Gasteiger partial charge in [0, 0.05) is 13.1 Å². The van der Waals surface area contributed by atoms with Crippen molar-refractivity contribution in [1.82, 2.24) is 5.06 Å². The summed E-state index contributed by atoms with van der Waals surface area (Å²) in [5.74, 6) is 0. The van der Waals surface area contributed by atoms with Crippen LogP contribution < -0.4 is 0 Å². The largest absolute Gasteiger partial charge is 0.379 e. The van der Waals surface area contributed by atoms with Gasteiger partial charge in [-0.05, 0) is 0 Å². The standard InChI is InChI=1S/C5H11NO2.C2H6/c1-7-6-2-4-8-5-3-6;1-2/h2-5H2,1H3;1-2H3. The van der Waals surface area contributed by atoms with Gasteiger partial charge in [0.05, 0.1) is 20.3 Å². The van der Waals surface area contributed by atoms with Gasteiger partial charge in [0.25, 0.3) is 0 Å². The van der Waals surface area contributed by atoms with E-state index in [1.54, 1.807) is 7.11 Å². The van der Waals surface area contributed by atoms with E-state index in [4.69, 9.17) is 9.57 Å². The third kappa shape index (κ3) is 3.82. The number of hydrogen-bond donors (Lipinski definition) is 0. The molecule has 0 radical (unpaired) electrons. The lowest BCUT2D eigenvalue weighted by Crippen LogP contribution is -2.35. The molecule has 1 saturated heterocycles. The second kappa shape index (κ2) is 6.99. The Labute approximate surface area is 62.9 Å². The highest BCUT2D eigenvalue weighted by atomic mass is 16.7. The van der Waals surface area contributed by atoms with Gasteiger partial charge >= 0.3 is 0 Å². The molecule has 0 bridgehead atoms. The summed E-state index contributed by atoms with van der Waals surface area (Å²) in [5, 5.41) is 1.89. The van der Waals surface area contributed by atoms with Crippen molar-refractivity contribution < 1.29 is 9.57 Å². The van der Waals surface area contributed by atoms with Gasteiger partial charge in [-0.1, -0.05) is 13.8 Å². The molecule has 0 N–H and O–H groups in total. The van der Waals surface area contributed by atoms with Crippen molar-refractivity contribution in [2.24, 2.45) is 0 Å². The molecule has 0 atom stereocenters. The van der Waals surface area contributed by atoms with Crippen molar-refractivity contribution in [3.05, 3.63) is 0 Å². The van der Waals surface area contributed by atoms with E-state index in [-0.39, 0.29) is 0 Å². The number of rotatable bonds is 1. The van der Waals surface area contributed by atoms with Crippen LogP contribution in [0.1, 0.15) is 13.8 Å². The van der Waals surface area contributed by atoms with Crippen molar-refractivity contribution in [1.29, 1.82) is 0 Å². The van der Waals surface area contributed by atoms with Crippen molar-refractivity contribution >= 4 is 0 Å². The first-order valence-electron chi connectivity index (χ1n) is 3.80. The molecule has 0 unspecified atom stereocenters. The Morgan fingerprint density at radius 3 is 2.00 bits per heavy atom. The molecule has 0 aromatic heterocycles. The fraction of sp³-hybridized carbons (Fsp3) is 1.00. The molecule has 0 spiro atoms. The molecule has 1 rings (SSSR count). The molecular weight excluding hydrogens is 130 g/mol. The van der Waals surface area contributed by atoms with Crippen LogP contribution in [0.5, 0.6) is 0 Å². The van der Waals surface area contributed by atoms with E-state index >= 15 is 0 Å². The Balaban J connectivity index is 0.000000371. The van der Waals surface area contributed by atoms with Gasteiger partial charge in [-0.3, -0.25) is 0 Å². The molecule has 1 aliphatic rings. The molecule has 0 aliphatic carbocycles. The van der Waals surface area contributed by atoms with E-state index in [0.29, 0.717) is 0 Å². The number of morpholine rings is 1. The third-order valence-electron chi connectivity index (χ3n) is 1.23. The topological polar surface area (TPSA) is 21.7 Å². The predicted molar refractivity (Wildman–Crippen MR) is 40.7 cm³/mol. The molecule has 0 aromatic carbocycles. The fourth-order valence-electron chi connectivity index (χ4n) is 0.729. The van der Waals surface area contributed by atoms with Crippen LogP contribution in [0.15, 0.2) is 0 Å². The van der Waals surface area contributed by atoms with Crippen molar-refractivity contribution in [2.75, 3.05) is 33.4 Å². The van der Waals surface area contributed by atoms with Crippen LogP contribution in [0.3, 0.4) is 0 Å².